The van der Waals surface area contributed by atoms with E-state index in [1.54, 1.807) is 36.7 Å². The number of amides is 1. The summed E-state index contributed by atoms with van der Waals surface area (Å²) in [5.41, 5.74) is 4.05. The first-order valence-electron chi connectivity index (χ1n) is 10.6. The zero-order valence-electron chi connectivity index (χ0n) is 18.7. The van der Waals surface area contributed by atoms with E-state index in [1.807, 2.05) is 27.7 Å². The van der Waals surface area contributed by atoms with Gasteiger partial charge >= 0.3 is 0 Å². The van der Waals surface area contributed by atoms with Crippen LogP contribution in [-0.2, 0) is 6.42 Å². The summed E-state index contributed by atoms with van der Waals surface area (Å²) < 4.78 is 12.5. The van der Waals surface area contributed by atoms with Crippen molar-refractivity contribution in [1.29, 1.82) is 0 Å². The zero-order valence-corrected chi connectivity index (χ0v) is 18.7. The second-order valence-electron chi connectivity index (χ2n) is 8.42. The molecule has 1 aliphatic heterocycles. The van der Waals surface area contributed by atoms with E-state index < -0.39 is 5.60 Å². The number of phenols is 1. The maximum atomic E-state index is 12.5. The number of aromatic hydroxyl groups is 1. The Balaban J connectivity index is 1.51. The lowest BCUT2D eigenvalue weighted by atomic mass is 9.87. The lowest BCUT2D eigenvalue weighted by Gasteiger charge is -2.37. The lowest BCUT2D eigenvalue weighted by Crippen LogP contribution is -2.42. The molecule has 0 radical (unpaired) electrons. The molecule has 1 aromatic carbocycles. The van der Waals surface area contributed by atoms with E-state index in [0.717, 1.165) is 40.8 Å². The third kappa shape index (κ3) is 4.10. The molecule has 1 atom stereocenters. The minimum Gasteiger partial charge on any atom is -0.507 e. The van der Waals surface area contributed by atoms with Crippen molar-refractivity contribution in [3.63, 3.8) is 0 Å². The Morgan fingerprint density at radius 2 is 1.97 bits per heavy atom. The molecule has 166 valence electrons. The first-order valence-corrected chi connectivity index (χ1v) is 10.6. The van der Waals surface area contributed by atoms with Crippen molar-refractivity contribution in [1.82, 2.24) is 9.97 Å². The van der Waals surface area contributed by atoms with Crippen molar-refractivity contribution < 1.29 is 19.4 Å². The molecule has 3 heterocycles. The summed E-state index contributed by atoms with van der Waals surface area (Å²) in [6.07, 6.45) is 6.25. The van der Waals surface area contributed by atoms with Crippen LogP contribution in [0.25, 0.3) is 0 Å². The van der Waals surface area contributed by atoms with Crippen molar-refractivity contribution in [3.8, 4) is 17.4 Å². The van der Waals surface area contributed by atoms with Gasteiger partial charge in [-0.15, -0.1) is 0 Å². The van der Waals surface area contributed by atoms with Crippen LogP contribution in [0, 0.1) is 20.8 Å². The molecule has 1 aliphatic rings. The molecule has 0 fully saturated rings. The molecular weight excluding hydrogens is 406 g/mol. The van der Waals surface area contributed by atoms with E-state index in [1.165, 1.54) is 6.20 Å². The number of rotatable bonds is 5. The van der Waals surface area contributed by atoms with Gasteiger partial charge in [-0.25, -0.2) is 4.98 Å². The summed E-state index contributed by atoms with van der Waals surface area (Å²) in [6, 6.07) is 6.88. The minimum atomic E-state index is -0.574. The summed E-state index contributed by atoms with van der Waals surface area (Å²) >= 11 is 0. The maximum Gasteiger partial charge on any atom is 0.257 e. The van der Waals surface area contributed by atoms with Crippen molar-refractivity contribution >= 4 is 11.6 Å². The first kappa shape index (κ1) is 21.6. The Kier molecular flexibility index (Phi) is 5.74. The van der Waals surface area contributed by atoms with Crippen LogP contribution >= 0.6 is 0 Å². The molecule has 2 aromatic heterocycles. The van der Waals surface area contributed by atoms with Crippen LogP contribution in [0.2, 0.25) is 0 Å². The molecule has 0 saturated heterocycles. The van der Waals surface area contributed by atoms with E-state index in [0.29, 0.717) is 22.9 Å². The number of carbonyl (C=O) groups is 1. The highest BCUT2D eigenvalue weighted by molar-refractivity contribution is 6.04. The third-order valence-electron chi connectivity index (χ3n) is 6.05. The summed E-state index contributed by atoms with van der Waals surface area (Å²) in [7, 11) is 0. The average molecular weight is 434 g/mol. The normalized spacial score (nSPS) is 17.2. The van der Waals surface area contributed by atoms with Crippen LogP contribution < -0.4 is 14.8 Å². The number of aromatic nitrogens is 2. The molecule has 4 rings (SSSR count). The highest BCUT2D eigenvalue weighted by Gasteiger charge is 2.35. The average Bonchev–Trinajstić information content (AvgIpc) is 2.81. The summed E-state index contributed by atoms with van der Waals surface area (Å²) in [6.45, 7) is 8.05. The van der Waals surface area contributed by atoms with Gasteiger partial charge in [-0.05, 0) is 81.5 Å². The van der Waals surface area contributed by atoms with Crippen LogP contribution in [0.3, 0.4) is 0 Å². The van der Waals surface area contributed by atoms with Gasteiger partial charge in [0.1, 0.15) is 29.4 Å². The number of benzene rings is 1. The molecule has 2 N–H and O–H groups in total. The van der Waals surface area contributed by atoms with Gasteiger partial charge in [0.25, 0.3) is 5.91 Å². The Bertz CT molecular complexity index is 1160. The number of anilines is 1. The van der Waals surface area contributed by atoms with Crippen molar-refractivity contribution in [2.75, 3.05) is 11.9 Å². The quantitative estimate of drug-likeness (QED) is 0.614. The molecule has 7 heteroatoms. The van der Waals surface area contributed by atoms with Crippen molar-refractivity contribution in [3.05, 3.63) is 70.7 Å². The number of pyridine rings is 2. The van der Waals surface area contributed by atoms with Gasteiger partial charge in [-0.2, -0.15) is 0 Å². The Morgan fingerprint density at radius 1 is 1.19 bits per heavy atom. The van der Waals surface area contributed by atoms with Crippen LogP contribution in [0.1, 0.15) is 46.0 Å². The molecule has 0 saturated carbocycles. The predicted molar refractivity (Wildman–Crippen MR) is 122 cm³/mol. The van der Waals surface area contributed by atoms with Gasteiger partial charge in [0, 0.05) is 24.2 Å². The topological polar surface area (TPSA) is 93.6 Å². The van der Waals surface area contributed by atoms with Crippen LogP contribution in [0.5, 0.6) is 17.4 Å². The molecule has 0 spiro atoms. The van der Waals surface area contributed by atoms with E-state index in [9.17, 15) is 9.90 Å². The van der Waals surface area contributed by atoms with Gasteiger partial charge in [0.05, 0.1) is 5.56 Å². The fourth-order valence-corrected chi connectivity index (χ4v) is 3.91. The number of nitrogens with zero attached hydrogens (tertiary/aromatic N) is 2. The van der Waals surface area contributed by atoms with E-state index in [-0.39, 0.29) is 12.5 Å². The summed E-state index contributed by atoms with van der Waals surface area (Å²) in [5, 5.41) is 13.2. The molecule has 0 aliphatic carbocycles. The SMILES string of the molecule is Cc1c(C)c2c(c(C)c1O)CCC(C)(COc1ncccc1NC(=O)c1cccnc1)O2. The molecule has 7 nitrogen and oxygen atoms in total. The number of nitrogens with one attached hydrogen (secondary N) is 1. The van der Waals surface area contributed by atoms with Crippen molar-refractivity contribution in [2.24, 2.45) is 0 Å². The molecule has 32 heavy (non-hydrogen) atoms. The predicted octanol–water partition coefficient (Wildman–Crippen LogP) is 4.52. The number of hydrogen-bond donors (Lipinski definition) is 2. The number of carbonyl (C=O) groups excluding carboxylic acids is 1. The number of phenolic OH excluding ortho intramolecular Hbond substituents is 1. The number of hydrogen-bond acceptors (Lipinski definition) is 6. The standard InChI is InChI=1S/C25H27N3O4/c1-15-16(2)22-19(17(3)21(15)29)9-10-25(4,32-22)14-31-24-20(8-6-12-27-24)28-23(30)18-7-5-11-26-13-18/h5-8,11-13,29H,9-10,14H2,1-4H3,(H,28,30). The van der Waals surface area contributed by atoms with Gasteiger partial charge in [0.2, 0.25) is 5.88 Å². The fourth-order valence-electron chi connectivity index (χ4n) is 3.91. The van der Waals surface area contributed by atoms with Gasteiger partial charge in [0.15, 0.2) is 0 Å². The monoisotopic (exact) mass is 433 g/mol. The Morgan fingerprint density at radius 3 is 2.72 bits per heavy atom. The van der Waals surface area contributed by atoms with Crippen LogP contribution in [0.4, 0.5) is 5.69 Å². The molecule has 3 aromatic rings. The van der Waals surface area contributed by atoms with E-state index in [2.05, 4.69) is 15.3 Å². The lowest BCUT2D eigenvalue weighted by molar-refractivity contribution is 0.0154. The van der Waals surface area contributed by atoms with Crippen LogP contribution in [0.15, 0.2) is 42.9 Å². The largest absolute Gasteiger partial charge is 0.507 e. The van der Waals surface area contributed by atoms with Gasteiger partial charge < -0.3 is 19.9 Å². The molecular formula is C25H27N3O4. The number of ether oxygens (including phenoxy) is 2. The molecule has 0 bridgehead atoms. The first-order chi connectivity index (χ1) is 15.3. The van der Waals surface area contributed by atoms with Crippen LogP contribution in [-0.4, -0.2) is 33.2 Å². The molecule has 1 amide bonds. The third-order valence-corrected chi connectivity index (χ3v) is 6.05. The summed E-state index contributed by atoms with van der Waals surface area (Å²) in [4.78, 5) is 20.8. The minimum absolute atomic E-state index is 0.262. The van der Waals surface area contributed by atoms with E-state index >= 15 is 0 Å². The highest BCUT2D eigenvalue weighted by Crippen LogP contribution is 2.43. The molecule has 1 unspecified atom stereocenters. The summed E-state index contributed by atoms with van der Waals surface area (Å²) in [5.74, 6) is 1.20. The van der Waals surface area contributed by atoms with Crippen molar-refractivity contribution in [2.45, 2.75) is 46.1 Å². The Hall–Kier alpha value is -3.61. The highest BCUT2D eigenvalue weighted by atomic mass is 16.5. The smallest absolute Gasteiger partial charge is 0.257 e. The van der Waals surface area contributed by atoms with E-state index in [4.69, 9.17) is 9.47 Å². The maximum absolute atomic E-state index is 12.5. The Labute approximate surface area is 187 Å². The zero-order chi connectivity index (χ0) is 22.9. The second-order valence-corrected chi connectivity index (χ2v) is 8.42. The van der Waals surface area contributed by atoms with Gasteiger partial charge in [-0.1, -0.05) is 0 Å². The fraction of sp³-hybridized carbons (Fsp3) is 0.320. The second kappa shape index (κ2) is 8.49. The number of fused-ring (bicyclic) bond motifs is 1. The van der Waals surface area contributed by atoms with Gasteiger partial charge in [-0.3, -0.25) is 9.78 Å².